The molecule has 2 rings (SSSR count). The number of nitrogens with one attached hydrogen (secondary N) is 1. The fourth-order valence-corrected chi connectivity index (χ4v) is 3.35. The van der Waals surface area contributed by atoms with Crippen LogP contribution in [-0.4, -0.2) is 47.0 Å². The van der Waals surface area contributed by atoms with Crippen molar-refractivity contribution in [3.8, 4) is 0 Å². The molecule has 0 aromatic carbocycles. The van der Waals surface area contributed by atoms with Crippen LogP contribution in [0.15, 0.2) is 11.2 Å². The first-order valence-electron chi connectivity index (χ1n) is 5.76. The molecule has 6 nitrogen and oxygen atoms in total. The van der Waals surface area contributed by atoms with Gasteiger partial charge in [0.2, 0.25) is 0 Å². The van der Waals surface area contributed by atoms with Gasteiger partial charge in [0.15, 0.2) is 5.03 Å². The Morgan fingerprint density at radius 3 is 2.76 bits per heavy atom. The predicted molar refractivity (Wildman–Crippen MR) is 62.0 cm³/mol. The fraction of sp³-hybridized carbons (Fsp3) is 0.700. The van der Waals surface area contributed by atoms with E-state index in [1.807, 2.05) is 6.92 Å². The third kappa shape index (κ3) is 2.51. The maximum Gasteiger partial charge on any atom is 0.260 e. The minimum Gasteiger partial charge on any atom is -0.395 e. The molecule has 0 spiro atoms. The maximum absolute atomic E-state index is 12.3. The van der Waals surface area contributed by atoms with Crippen LogP contribution in [0.25, 0.3) is 0 Å². The van der Waals surface area contributed by atoms with Gasteiger partial charge in [0.05, 0.1) is 12.8 Å². The molecule has 0 unspecified atom stereocenters. The number of hydrogen-bond acceptors (Lipinski definition) is 4. The van der Waals surface area contributed by atoms with Crippen molar-refractivity contribution in [2.24, 2.45) is 0 Å². The second-order valence-corrected chi connectivity index (χ2v) is 5.98. The molecule has 0 radical (unpaired) electrons. The molecule has 1 heterocycles. The van der Waals surface area contributed by atoms with Gasteiger partial charge in [-0.25, -0.2) is 13.4 Å². The zero-order valence-electron chi connectivity index (χ0n) is 9.76. The van der Waals surface area contributed by atoms with Gasteiger partial charge >= 0.3 is 0 Å². The van der Waals surface area contributed by atoms with Gasteiger partial charge in [-0.2, -0.15) is 4.31 Å². The Kier molecular flexibility index (Phi) is 3.50. The quantitative estimate of drug-likeness (QED) is 0.759. The van der Waals surface area contributed by atoms with Gasteiger partial charge in [0.25, 0.3) is 10.0 Å². The Morgan fingerprint density at radius 1 is 1.59 bits per heavy atom. The molecule has 0 saturated heterocycles. The SMILES string of the molecule is CCc1ncc(S(=O)(=O)N(CCO)C2CC2)[nH]1. The van der Waals surface area contributed by atoms with Crippen molar-refractivity contribution in [3.63, 3.8) is 0 Å². The zero-order valence-corrected chi connectivity index (χ0v) is 10.6. The highest BCUT2D eigenvalue weighted by Gasteiger charge is 2.38. The van der Waals surface area contributed by atoms with E-state index in [-0.39, 0.29) is 24.2 Å². The summed E-state index contributed by atoms with van der Waals surface area (Å²) in [6.07, 6.45) is 3.75. The minimum absolute atomic E-state index is 0.0422. The average molecular weight is 259 g/mol. The number of aliphatic hydroxyl groups is 1. The summed E-state index contributed by atoms with van der Waals surface area (Å²) in [6.45, 7) is 1.89. The van der Waals surface area contributed by atoms with Crippen molar-refractivity contribution < 1.29 is 13.5 Å². The minimum atomic E-state index is -3.53. The number of hydrogen-bond donors (Lipinski definition) is 2. The summed E-state index contributed by atoms with van der Waals surface area (Å²) >= 11 is 0. The Balaban J connectivity index is 2.26. The van der Waals surface area contributed by atoms with E-state index in [9.17, 15) is 8.42 Å². The van der Waals surface area contributed by atoms with E-state index in [2.05, 4.69) is 9.97 Å². The molecule has 0 atom stereocenters. The Labute approximate surface area is 101 Å². The van der Waals surface area contributed by atoms with Crippen LogP contribution >= 0.6 is 0 Å². The number of aliphatic hydroxyl groups excluding tert-OH is 1. The fourth-order valence-electron chi connectivity index (χ4n) is 1.74. The zero-order chi connectivity index (χ0) is 12.5. The molecular formula is C10H17N3O3S. The molecule has 2 N–H and O–H groups in total. The van der Waals surface area contributed by atoms with E-state index in [0.29, 0.717) is 12.2 Å². The average Bonchev–Trinajstić information content (AvgIpc) is 3.01. The maximum atomic E-state index is 12.3. The van der Waals surface area contributed by atoms with Crippen LogP contribution in [0, 0.1) is 0 Å². The van der Waals surface area contributed by atoms with Crippen LogP contribution in [0.2, 0.25) is 0 Å². The van der Waals surface area contributed by atoms with Gasteiger partial charge < -0.3 is 10.1 Å². The van der Waals surface area contributed by atoms with E-state index >= 15 is 0 Å². The van der Waals surface area contributed by atoms with Crippen molar-refractivity contribution >= 4 is 10.0 Å². The standard InChI is InChI=1S/C10H17N3O3S/c1-2-9-11-7-10(12-9)17(15,16)13(5-6-14)8-3-4-8/h7-8,14H,2-6H2,1H3,(H,11,12). The largest absolute Gasteiger partial charge is 0.395 e. The molecule has 1 aromatic rings. The molecule has 7 heteroatoms. The first kappa shape index (κ1) is 12.5. The number of imidazole rings is 1. The summed E-state index contributed by atoms with van der Waals surface area (Å²) in [4.78, 5) is 6.80. The number of sulfonamides is 1. The number of aromatic amines is 1. The van der Waals surface area contributed by atoms with E-state index in [1.54, 1.807) is 0 Å². The van der Waals surface area contributed by atoms with Crippen molar-refractivity contribution in [2.45, 2.75) is 37.3 Å². The van der Waals surface area contributed by atoms with E-state index in [4.69, 9.17) is 5.11 Å². The highest BCUT2D eigenvalue weighted by molar-refractivity contribution is 7.89. The molecule has 0 aliphatic heterocycles. The van der Waals surface area contributed by atoms with Crippen LogP contribution in [0.1, 0.15) is 25.6 Å². The normalized spacial score (nSPS) is 16.6. The van der Waals surface area contributed by atoms with E-state index < -0.39 is 10.0 Å². The number of aryl methyl sites for hydroxylation is 1. The lowest BCUT2D eigenvalue weighted by atomic mass is 10.5. The van der Waals surface area contributed by atoms with Crippen LogP contribution in [-0.2, 0) is 16.4 Å². The Bertz CT molecular complexity index is 479. The lowest BCUT2D eigenvalue weighted by molar-refractivity contribution is 0.250. The summed E-state index contributed by atoms with van der Waals surface area (Å²) in [7, 11) is -3.53. The number of rotatable bonds is 6. The summed E-state index contributed by atoms with van der Waals surface area (Å²) in [5.41, 5.74) is 0. The summed E-state index contributed by atoms with van der Waals surface area (Å²) in [6, 6.07) is 0.0422. The molecule has 1 aliphatic carbocycles. The summed E-state index contributed by atoms with van der Waals surface area (Å²) < 4.78 is 25.9. The number of nitrogens with zero attached hydrogens (tertiary/aromatic N) is 2. The van der Waals surface area contributed by atoms with Gasteiger partial charge in [-0.15, -0.1) is 0 Å². The smallest absolute Gasteiger partial charge is 0.260 e. The second kappa shape index (κ2) is 4.75. The van der Waals surface area contributed by atoms with E-state index in [1.165, 1.54) is 10.5 Å². The third-order valence-corrected chi connectivity index (χ3v) is 4.66. The van der Waals surface area contributed by atoms with Gasteiger partial charge in [0.1, 0.15) is 5.82 Å². The van der Waals surface area contributed by atoms with E-state index in [0.717, 1.165) is 12.8 Å². The lowest BCUT2D eigenvalue weighted by Gasteiger charge is -2.19. The number of H-pyrrole nitrogens is 1. The van der Waals surface area contributed by atoms with Crippen molar-refractivity contribution in [3.05, 3.63) is 12.0 Å². The highest BCUT2D eigenvalue weighted by atomic mass is 32.2. The van der Waals surface area contributed by atoms with Crippen LogP contribution in [0.3, 0.4) is 0 Å². The van der Waals surface area contributed by atoms with Crippen LogP contribution in [0.5, 0.6) is 0 Å². The molecule has 1 aliphatic rings. The van der Waals surface area contributed by atoms with Crippen molar-refractivity contribution in [1.82, 2.24) is 14.3 Å². The first-order valence-corrected chi connectivity index (χ1v) is 7.20. The van der Waals surface area contributed by atoms with Gasteiger partial charge in [0, 0.05) is 19.0 Å². The Morgan fingerprint density at radius 2 is 2.29 bits per heavy atom. The topological polar surface area (TPSA) is 86.3 Å². The van der Waals surface area contributed by atoms with Crippen LogP contribution < -0.4 is 0 Å². The molecule has 17 heavy (non-hydrogen) atoms. The second-order valence-electron chi connectivity index (χ2n) is 4.12. The molecule has 0 amide bonds. The third-order valence-electron chi connectivity index (χ3n) is 2.80. The van der Waals surface area contributed by atoms with Gasteiger partial charge in [-0.05, 0) is 12.8 Å². The molecule has 1 aromatic heterocycles. The summed E-state index contributed by atoms with van der Waals surface area (Å²) in [5, 5.41) is 9.06. The monoisotopic (exact) mass is 259 g/mol. The molecule has 1 saturated carbocycles. The predicted octanol–water partition coefficient (Wildman–Crippen LogP) is 0.117. The lowest BCUT2D eigenvalue weighted by Crippen LogP contribution is -2.35. The first-order chi connectivity index (χ1) is 8.09. The van der Waals surface area contributed by atoms with Crippen molar-refractivity contribution in [1.29, 1.82) is 0 Å². The molecular weight excluding hydrogens is 242 g/mol. The van der Waals surface area contributed by atoms with Gasteiger partial charge in [-0.1, -0.05) is 6.92 Å². The Hall–Kier alpha value is -0.920. The van der Waals surface area contributed by atoms with Crippen molar-refractivity contribution in [2.75, 3.05) is 13.2 Å². The molecule has 96 valence electrons. The molecule has 1 fully saturated rings. The molecule has 0 bridgehead atoms. The van der Waals surface area contributed by atoms with Crippen LogP contribution in [0.4, 0.5) is 0 Å². The van der Waals surface area contributed by atoms with Gasteiger partial charge in [-0.3, -0.25) is 0 Å². The summed E-state index contributed by atoms with van der Waals surface area (Å²) in [5.74, 6) is 0.656. The number of aromatic nitrogens is 2. The highest BCUT2D eigenvalue weighted by Crippen LogP contribution is 2.31.